The quantitative estimate of drug-likeness (QED) is 0.664. The topological polar surface area (TPSA) is 81.1 Å². The lowest BCUT2D eigenvalue weighted by atomic mass is 9.96. The zero-order chi connectivity index (χ0) is 19.8. The molecule has 4 rings (SSSR count). The van der Waals surface area contributed by atoms with E-state index in [-0.39, 0.29) is 23.6 Å². The molecule has 1 aliphatic rings. The van der Waals surface area contributed by atoms with E-state index in [2.05, 4.69) is 22.4 Å². The van der Waals surface area contributed by atoms with Crippen molar-refractivity contribution in [3.05, 3.63) is 66.0 Å². The maximum atomic E-state index is 12.7. The van der Waals surface area contributed by atoms with Gasteiger partial charge in [0.15, 0.2) is 9.84 Å². The molecule has 0 aliphatic heterocycles. The zero-order valence-corrected chi connectivity index (χ0v) is 16.6. The van der Waals surface area contributed by atoms with Crippen LogP contribution in [0.1, 0.15) is 24.2 Å². The molecular weight excluding hydrogens is 374 g/mol. The first-order chi connectivity index (χ1) is 13.4. The smallest absolute Gasteiger partial charge is 0.240 e. The maximum Gasteiger partial charge on any atom is 0.240 e. The van der Waals surface area contributed by atoms with E-state index in [9.17, 15) is 13.2 Å². The summed E-state index contributed by atoms with van der Waals surface area (Å²) in [5.74, 6) is 0.0614. The van der Waals surface area contributed by atoms with Gasteiger partial charge in [-0.25, -0.2) is 13.4 Å². The van der Waals surface area contributed by atoms with Crippen molar-refractivity contribution < 1.29 is 13.2 Å². The number of carbonyl (C=O) groups excluding carboxylic acids is 1. The molecule has 2 aromatic carbocycles. The Kier molecular flexibility index (Phi) is 4.71. The van der Waals surface area contributed by atoms with Crippen molar-refractivity contribution in [2.24, 2.45) is 0 Å². The first-order valence-electron chi connectivity index (χ1n) is 9.30. The Bertz CT molecular complexity index is 1120. The van der Waals surface area contributed by atoms with Crippen LogP contribution in [-0.2, 0) is 32.3 Å². The minimum Gasteiger partial charge on any atom is -0.354 e. The van der Waals surface area contributed by atoms with Crippen LogP contribution in [-0.4, -0.2) is 36.7 Å². The maximum absolute atomic E-state index is 12.7. The molecule has 0 radical (unpaired) electrons. The Balaban J connectivity index is 1.51. The average molecular weight is 398 g/mol. The van der Waals surface area contributed by atoms with Gasteiger partial charge >= 0.3 is 0 Å². The highest BCUT2D eigenvalue weighted by Crippen LogP contribution is 2.47. The van der Waals surface area contributed by atoms with Gasteiger partial charge in [-0.05, 0) is 30.5 Å². The van der Waals surface area contributed by atoms with Gasteiger partial charge in [-0.2, -0.15) is 0 Å². The van der Waals surface area contributed by atoms with Gasteiger partial charge in [0, 0.05) is 18.2 Å². The Hall–Kier alpha value is -2.67. The molecule has 28 heavy (non-hydrogen) atoms. The molecule has 1 N–H and O–H groups in total. The zero-order valence-electron chi connectivity index (χ0n) is 15.8. The minimum atomic E-state index is -3.26. The van der Waals surface area contributed by atoms with E-state index in [1.165, 1.54) is 11.8 Å². The molecule has 0 spiro atoms. The van der Waals surface area contributed by atoms with E-state index >= 15 is 0 Å². The summed E-state index contributed by atoms with van der Waals surface area (Å²) < 4.78 is 25.3. The number of hydrogen-bond acceptors (Lipinski definition) is 4. The largest absolute Gasteiger partial charge is 0.354 e. The average Bonchev–Trinajstić information content (AvgIpc) is 3.39. The number of sulfone groups is 1. The molecule has 1 aromatic heterocycles. The summed E-state index contributed by atoms with van der Waals surface area (Å²) in [6.07, 6.45) is 3.29. The predicted molar refractivity (Wildman–Crippen MR) is 109 cm³/mol. The van der Waals surface area contributed by atoms with Gasteiger partial charge in [0.2, 0.25) is 5.91 Å². The third-order valence-corrected chi connectivity index (χ3v) is 6.07. The molecule has 0 atom stereocenters. The number of nitrogens with one attached hydrogen (secondary N) is 1. The number of carbonyl (C=O) groups is 1. The van der Waals surface area contributed by atoms with Crippen LogP contribution in [0.25, 0.3) is 11.0 Å². The number of nitrogens with zero attached hydrogens (tertiary/aromatic N) is 2. The summed E-state index contributed by atoms with van der Waals surface area (Å²) in [4.78, 5) is 17.1. The van der Waals surface area contributed by atoms with Crippen LogP contribution >= 0.6 is 0 Å². The second-order valence-corrected chi connectivity index (χ2v) is 9.74. The molecule has 1 aliphatic carbocycles. The molecule has 7 heteroatoms. The van der Waals surface area contributed by atoms with Crippen molar-refractivity contribution in [2.75, 3.05) is 12.8 Å². The van der Waals surface area contributed by atoms with E-state index in [0.717, 1.165) is 18.4 Å². The lowest BCUT2D eigenvalue weighted by Crippen LogP contribution is -2.34. The number of hydrogen-bond donors (Lipinski definition) is 1. The second-order valence-electron chi connectivity index (χ2n) is 7.60. The molecule has 0 saturated heterocycles. The van der Waals surface area contributed by atoms with Crippen LogP contribution in [0.4, 0.5) is 0 Å². The fourth-order valence-electron chi connectivity index (χ4n) is 3.62. The van der Waals surface area contributed by atoms with Gasteiger partial charge in [0.1, 0.15) is 18.1 Å². The van der Waals surface area contributed by atoms with Gasteiger partial charge in [-0.3, -0.25) is 4.79 Å². The highest BCUT2D eigenvalue weighted by atomic mass is 32.2. The third-order valence-electron chi connectivity index (χ3n) is 5.29. The van der Waals surface area contributed by atoms with Gasteiger partial charge in [-0.1, -0.05) is 42.5 Å². The van der Waals surface area contributed by atoms with Gasteiger partial charge < -0.3 is 9.88 Å². The molecule has 1 heterocycles. The van der Waals surface area contributed by atoms with Crippen LogP contribution in [0.3, 0.4) is 0 Å². The molecule has 3 aromatic rings. The SMILES string of the molecule is CS(=O)(=O)Cc1nc2ccccc2n1CC(=O)NCC1(c2ccccc2)CC1. The normalized spacial score (nSPS) is 15.5. The fraction of sp³-hybridized carbons (Fsp3) is 0.333. The van der Waals surface area contributed by atoms with Crippen LogP contribution in [0, 0.1) is 0 Å². The number of rotatable bonds is 7. The summed E-state index contributed by atoms with van der Waals surface area (Å²) in [6.45, 7) is 0.639. The molecule has 6 nitrogen and oxygen atoms in total. The van der Waals surface area contributed by atoms with Gasteiger partial charge in [-0.15, -0.1) is 0 Å². The van der Waals surface area contributed by atoms with Crippen molar-refractivity contribution in [3.63, 3.8) is 0 Å². The lowest BCUT2D eigenvalue weighted by molar-refractivity contribution is -0.121. The van der Waals surface area contributed by atoms with Crippen LogP contribution in [0.2, 0.25) is 0 Å². The number of fused-ring (bicyclic) bond motifs is 1. The predicted octanol–water partition coefficient (Wildman–Crippen LogP) is 2.43. The van der Waals surface area contributed by atoms with Gasteiger partial charge in [0.25, 0.3) is 0 Å². The van der Waals surface area contributed by atoms with E-state index in [1.54, 1.807) is 4.57 Å². The third kappa shape index (κ3) is 3.94. The Morgan fingerprint density at radius 1 is 1.11 bits per heavy atom. The minimum absolute atomic E-state index is 0.0313. The van der Waals surface area contributed by atoms with Crippen molar-refractivity contribution in [2.45, 2.75) is 30.6 Å². The summed E-state index contributed by atoms with van der Waals surface area (Å²) in [6, 6.07) is 17.6. The number of aromatic nitrogens is 2. The van der Waals surface area contributed by atoms with Crippen molar-refractivity contribution in [1.29, 1.82) is 0 Å². The van der Waals surface area contributed by atoms with E-state index < -0.39 is 9.84 Å². The van der Waals surface area contributed by atoms with Crippen LogP contribution in [0.15, 0.2) is 54.6 Å². The molecular formula is C21H23N3O3S. The van der Waals surface area contributed by atoms with E-state index in [4.69, 9.17) is 0 Å². The van der Waals surface area contributed by atoms with E-state index in [0.29, 0.717) is 17.9 Å². The van der Waals surface area contributed by atoms with Gasteiger partial charge in [0.05, 0.1) is 11.0 Å². The monoisotopic (exact) mass is 397 g/mol. The molecule has 146 valence electrons. The molecule has 1 fully saturated rings. The fourth-order valence-corrected chi connectivity index (χ4v) is 4.31. The number of para-hydroxylation sites is 2. The van der Waals surface area contributed by atoms with Crippen LogP contribution in [0.5, 0.6) is 0 Å². The highest BCUT2D eigenvalue weighted by molar-refractivity contribution is 7.89. The molecule has 1 amide bonds. The van der Waals surface area contributed by atoms with Crippen molar-refractivity contribution >= 4 is 26.8 Å². The number of imidazole rings is 1. The summed E-state index contributed by atoms with van der Waals surface area (Å²) in [5.41, 5.74) is 2.74. The summed E-state index contributed by atoms with van der Waals surface area (Å²) in [7, 11) is -3.26. The Morgan fingerprint density at radius 2 is 1.79 bits per heavy atom. The molecule has 0 bridgehead atoms. The number of benzene rings is 2. The second kappa shape index (κ2) is 7.05. The lowest BCUT2D eigenvalue weighted by Gasteiger charge is -2.17. The standard InChI is InChI=1S/C21H23N3O3S/c1-28(26,27)14-19-23-17-9-5-6-10-18(17)24(19)13-20(25)22-15-21(11-12-21)16-7-3-2-4-8-16/h2-10H,11-15H2,1H3,(H,22,25). The summed E-state index contributed by atoms with van der Waals surface area (Å²) in [5, 5.41) is 3.04. The van der Waals surface area contributed by atoms with Crippen molar-refractivity contribution in [3.8, 4) is 0 Å². The Labute approximate surface area is 164 Å². The molecule has 0 unspecified atom stereocenters. The first-order valence-corrected chi connectivity index (χ1v) is 11.4. The summed E-state index contributed by atoms with van der Waals surface area (Å²) >= 11 is 0. The highest BCUT2D eigenvalue weighted by Gasteiger charge is 2.44. The van der Waals surface area contributed by atoms with E-state index in [1.807, 2.05) is 42.5 Å². The first kappa shape index (κ1) is 18.7. The molecule has 1 saturated carbocycles. The Morgan fingerprint density at radius 3 is 2.46 bits per heavy atom. The number of amides is 1. The van der Waals surface area contributed by atoms with Crippen LogP contribution < -0.4 is 5.32 Å². The van der Waals surface area contributed by atoms with Crippen molar-refractivity contribution in [1.82, 2.24) is 14.9 Å².